The molecule has 5 heteroatoms. The third-order valence-electron chi connectivity index (χ3n) is 4.43. The number of carbonyl (C=O) groups is 2. The van der Waals surface area contributed by atoms with Crippen LogP contribution in [0, 0.1) is 0 Å². The fourth-order valence-corrected chi connectivity index (χ4v) is 2.76. The highest BCUT2D eigenvalue weighted by Crippen LogP contribution is 2.22. The Morgan fingerprint density at radius 1 is 0.963 bits per heavy atom. The molecule has 0 unspecified atom stereocenters. The highest BCUT2D eigenvalue weighted by molar-refractivity contribution is 6.39. The Balaban J connectivity index is 1.99. The molecule has 0 saturated heterocycles. The first-order chi connectivity index (χ1) is 13.0. The van der Waals surface area contributed by atoms with Crippen LogP contribution < -0.4 is 10.7 Å². The Kier molecular flexibility index (Phi) is 7.29. The lowest BCUT2D eigenvalue weighted by atomic mass is 10.0. The SMILES string of the molecule is CCc1cccc(CC)c1NC(=O)C(=O)N/N=C/c1ccc(C(C)C)cc1. The average Bonchev–Trinajstić information content (AvgIpc) is 2.68. The van der Waals surface area contributed by atoms with Crippen molar-refractivity contribution >= 4 is 23.7 Å². The summed E-state index contributed by atoms with van der Waals surface area (Å²) in [7, 11) is 0. The Hall–Kier alpha value is -2.95. The quantitative estimate of drug-likeness (QED) is 0.461. The van der Waals surface area contributed by atoms with Gasteiger partial charge in [-0.05, 0) is 41.0 Å². The number of hydrogen-bond donors (Lipinski definition) is 2. The molecule has 5 nitrogen and oxygen atoms in total. The van der Waals surface area contributed by atoms with E-state index in [2.05, 4.69) is 29.7 Å². The largest absolute Gasteiger partial charge is 0.329 e. The van der Waals surface area contributed by atoms with Gasteiger partial charge in [-0.25, -0.2) is 5.43 Å². The van der Waals surface area contributed by atoms with E-state index in [0.717, 1.165) is 35.2 Å². The molecule has 2 rings (SSSR count). The third-order valence-corrected chi connectivity index (χ3v) is 4.43. The molecule has 0 aliphatic rings. The van der Waals surface area contributed by atoms with Crippen LogP contribution in [0.1, 0.15) is 55.9 Å². The lowest BCUT2D eigenvalue weighted by Gasteiger charge is -2.13. The van der Waals surface area contributed by atoms with Crippen molar-refractivity contribution in [3.8, 4) is 0 Å². The van der Waals surface area contributed by atoms with E-state index in [1.165, 1.54) is 11.8 Å². The first-order valence-corrected chi connectivity index (χ1v) is 9.31. The number of anilines is 1. The molecule has 0 spiro atoms. The molecular weight excluding hydrogens is 338 g/mol. The van der Waals surface area contributed by atoms with Crippen LogP contribution in [0.4, 0.5) is 5.69 Å². The van der Waals surface area contributed by atoms with E-state index in [0.29, 0.717) is 5.92 Å². The van der Waals surface area contributed by atoms with E-state index in [4.69, 9.17) is 0 Å². The van der Waals surface area contributed by atoms with E-state index < -0.39 is 11.8 Å². The van der Waals surface area contributed by atoms with Gasteiger partial charge in [0, 0.05) is 5.69 Å². The second-order valence-corrected chi connectivity index (χ2v) is 6.63. The van der Waals surface area contributed by atoms with Crippen molar-refractivity contribution in [2.24, 2.45) is 5.10 Å². The first kappa shape index (κ1) is 20.4. The number of rotatable bonds is 6. The second kappa shape index (κ2) is 9.67. The van der Waals surface area contributed by atoms with Gasteiger partial charge in [-0.3, -0.25) is 9.59 Å². The minimum Gasteiger partial charge on any atom is -0.317 e. The molecule has 27 heavy (non-hydrogen) atoms. The fraction of sp³-hybridized carbons (Fsp3) is 0.318. The van der Waals surface area contributed by atoms with Crippen LogP contribution >= 0.6 is 0 Å². The summed E-state index contributed by atoms with van der Waals surface area (Å²) in [6, 6.07) is 13.8. The van der Waals surface area contributed by atoms with E-state index in [1.54, 1.807) is 0 Å². The number of nitrogens with one attached hydrogen (secondary N) is 2. The van der Waals surface area contributed by atoms with Gasteiger partial charge < -0.3 is 5.32 Å². The average molecular weight is 365 g/mol. The summed E-state index contributed by atoms with van der Waals surface area (Å²) < 4.78 is 0. The van der Waals surface area contributed by atoms with Crippen molar-refractivity contribution in [2.45, 2.75) is 46.5 Å². The molecule has 0 fully saturated rings. The van der Waals surface area contributed by atoms with Crippen LogP contribution in [0.15, 0.2) is 47.6 Å². The van der Waals surface area contributed by atoms with E-state index >= 15 is 0 Å². The van der Waals surface area contributed by atoms with Crippen molar-refractivity contribution in [1.82, 2.24) is 5.43 Å². The minimum atomic E-state index is -0.794. The Bertz CT molecular complexity index is 802. The zero-order chi connectivity index (χ0) is 19.8. The summed E-state index contributed by atoms with van der Waals surface area (Å²) in [5, 5.41) is 6.60. The first-order valence-electron chi connectivity index (χ1n) is 9.31. The van der Waals surface area contributed by atoms with E-state index in [9.17, 15) is 9.59 Å². The topological polar surface area (TPSA) is 70.6 Å². The highest BCUT2D eigenvalue weighted by atomic mass is 16.2. The van der Waals surface area contributed by atoms with Gasteiger partial charge in [0.2, 0.25) is 0 Å². The molecule has 2 aromatic rings. The molecule has 0 aliphatic heterocycles. The molecule has 0 aliphatic carbocycles. The third kappa shape index (κ3) is 5.51. The van der Waals surface area contributed by atoms with E-state index in [1.807, 2.05) is 56.3 Å². The number of hydrogen-bond acceptors (Lipinski definition) is 3. The molecule has 2 amide bonds. The van der Waals surface area contributed by atoms with Crippen molar-refractivity contribution < 1.29 is 9.59 Å². The Morgan fingerprint density at radius 2 is 1.56 bits per heavy atom. The zero-order valence-electron chi connectivity index (χ0n) is 16.4. The standard InChI is InChI=1S/C22H27N3O2/c1-5-17-8-7-9-18(6-2)20(17)24-21(26)22(27)25-23-14-16-10-12-19(13-11-16)15(3)4/h7-15H,5-6H2,1-4H3,(H,24,26)(H,25,27)/b23-14+. The Labute approximate surface area is 160 Å². The predicted octanol–water partition coefficient (Wildman–Crippen LogP) is 4.02. The predicted molar refractivity (Wildman–Crippen MR) is 110 cm³/mol. The summed E-state index contributed by atoms with van der Waals surface area (Å²) in [6.45, 7) is 8.28. The van der Waals surface area contributed by atoms with Gasteiger partial charge in [-0.2, -0.15) is 5.10 Å². The van der Waals surface area contributed by atoms with Gasteiger partial charge in [0.1, 0.15) is 0 Å². The van der Waals surface area contributed by atoms with Crippen LogP contribution in [0.2, 0.25) is 0 Å². The number of hydrazone groups is 1. The molecular formula is C22H27N3O2. The maximum absolute atomic E-state index is 12.2. The lowest BCUT2D eigenvalue weighted by Crippen LogP contribution is -2.33. The van der Waals surface area contributed by atoms with Crippen molar-refractivity contribution in [3.05, 3.63) is 64.7 Å². The fourth-order valence-electron chi connectivity index (χ4n) is 2.76. The minimum absolute atomic E-state index is 0.457. The van der Waals surface area contributed by atoms with Crippen LogP contribution in [0.3, 0.4) is 0 Å². The number of aryl methyl sites for hydroxylation is 2. The summed E-state index contributed by atoms with van der Waals surface area (Å²) in [4.78, 5) is 24.3. The van der Waals surface area contributed by atoms with Gasteiger partial charge in [-0.1, -0.05) is 70.2 Å². The van der Waals surface area contributed by atoms with Gasteiger partial charge in [-0.15, -0.1) is 0 Å². The number of benzene rings is 2. The summed E-state index contributed by atoms with van der Waals surface area (Å²) in [5.74, 6) is -1.06. The zero-order valence-corrected chi connectivity index (χ0v) is 16.4. The molecule has 2 aromatic carbocycles. The van der Waals surface area contributed by atoms with Gasteiger partial charge in [0.15, 0.2) is 0 Å². The summed E-state index contributed by atoms with van der Waals surface area (Å²) >= 11 is 0. The van der Waals surface area contributed by atoms with Crippen LogP contribution in [0.5, 0.6) is 0 Å². The maximum atomic E-state index is 12.2. The van der Waals surface area contributed by atoms with Crippen molar-refractivity contribution in [1.29, 1.82) is 0 Å². The molecule has 0 saturated carbocycles. The number of carbonyl (C=O) groups excluding carboxylic acids is 2. The second-order valence-electron chi connectivity index (χ2n) is 6.63. The molecule has 0 heterocycles. The Morgan fingerprint density at radius 3 is 2.07 bits per heavy atom. The molecule has 0 bridgehead atoms. The highest BCUT2D eigenvalue weighted by Gasteiger charge is 2.16. The molecule has 142 valence electrons. The van der Waals surface area contributed by atoms with Gasteiger partial charge in [0.05, 0.1) is 6.21 Å². The summed E-state index contributed by atoms with van der Waals surface area (Å²) in [6.07, 6.45) is 3.07. The van der Waals surface area contributed by atoms with E-state index in [-0.39, 0.29) is 0 Å². The van der Waals surface area contributed by atoms with Crippen LogP contribution in [-0.4, -0.2) is 18.0 Å². The monoisotopic (exact) mass is 365 g/mol. The summed E-state index contributed by atoms with van der Waals surface area (Å²) in [5.41, 5.74) is 7.09. The van der Waals surface area contributed by atoms with Crippen LogP contribution in [-0.2, 0) is 22.4 Å². The number of nitrogens with zero attached hydrogens (tertiary/aromatic N) is 1. The van der Waals surface area contributed by atoms with Gasteiger partial charge in [0.25, 0.3) is 0 Å². The maximum Gasteiger partial charge on any atom is 0.329 e. The van der Waals surface area contributed by atoms with Crippen molar-refractivity contribution in [3.63, 3.8) is 0 Å². The van der Waals surface area contributed by atoms with Crippen molar-refractivity contribution in [2.75, 3.05) is 5.32 Å². The van der Waals surface area contributed by atoms with Gasteiger partial charge >= 0.3 is 11.8 Å². The lowest BCUT2D eigenvalue weighted by molar-refractivity contribution is -0.136. The normalized spacial score (nSPS) is 11.0. The number of amides is 2. The van der Waals surface area contributed by atoms with Crippen LogP contribution in [0.25, 0.3) is 0 Å². The molecule has 0 atom stereocenters. The smallest absolute Gasteiger partial charge is 0.317 e. The molecule has 2 N–H and O–H groups in total. The number of para-hydroxylation sites is 1. The molecule has 0 radical (unpaired) electrons. The molecule has 0 aromatic heterocycles.